The van der Waals surface area contributed by atoms with Crippen LogP contribution in [-0.4, -0.2) is 17.7 Å². The van der Waals surface area contributed by atoms with Crippen molar-refractivity contribution in [2.75, 3.05) is 10.2 Å². The van der Waals surface area contributed by atoms with Crippen molar-refractivity contribution in [1.29, 1.82) is 0 Å². The van der Waals surface area contributed by atoms with Gasteiger partial charge in [-0.1, -0.05) is 58.3 Å². The molecular formula is C27H38N2O3. The van der Waals surface area contributed by atoms with Crippen LogP contribution in [0.5, 0.6) is 0 Å². The zero-order chi connectivity index (χ0) is 22.5. The third-order valence-corrected chi connectivity index (χ3v) is 7.84. The maximum absolute atomic E-state index is 12.9. The van der Waals surface area contributed by atoms with E-state index >= 15 is 0 Å². The van der Waals surface area contributed by atoms with Gasteiger partial charge in [-0.2, -0.15) is 0 Å². The maximum atomic E-state index is 12.9. The smallest absolute Gasteiger partial charge is 0.237 e. The van der Waals surface area contributed by atoms with Gasteiger partial charge in [0.2, 0.25) is 17.7 Å². The van der Waals surface area contributed by atoms with E-state index in [-0.39, 0.29) is 29.6 Å². The summed E-state index contributed by atoms with van der Waals surface area (Å²) in [6.07, 6.45) is 14.9. The second-order valence-electron chi connectivity index (χ2n) is 10.1. The molecule has 0 spiro atoms. The number of benzene rings is 1. The molecule has 1 aromatic rings. The number of carbonyl (C=O) groups is 3. The van der Waals surface area contributed by atoms with Crippen molar-refractivity contribution in [2.45, 2.75) is 90.4 Å². The molecule has 1 N–H and O–H groups in total. The number of carbonyl (C=O) groups excluding carboxylic acids is 3. The molecule has 2 bridgehead atoms. The molecule has 4 rings (SSSR count). The molecule has 2 saturated carbocycles. The lowest BCUT2D eigenvalue weighted by Gasteiger charge is -2.19. The molecule has 1 aromatic carbocycles. The predicted molar refractivity (Wildman–Crippen MR) is 127 cm³/mol. The molecule has 3 fully saturated rings. The third kappa shape index (κ3) is 4.92. The van der Waals surface area contributed by atoms with Crippen LogP contribution in [0.2, 0.25) is 0 Å². The van der Waals surface area contributed by atoms with Crippen LogP contribution in [0.15, 0.2) is 24.3 Å². The first-order chi connectivity index (χ1) is 15.6. The van der Waals surface area contributed by atoms with Gasteiger partial charge in [0.15, 0.2) is 0 Å². The van der Waals surface area contributed by atoms with Crippen LogP contribution in [0.25, 0.3) is 0 Å². The Kier molecular flexibility index (Phi) is 7.64. The molecule has 174 valence electrons. The number of hydrogen-bond donors (Lipinski definition) is 1. The van der Waals surface area contributed by atoms with Crippen molar-refractivity contribution in [1.82, 2.24) is 0 Å². The lowest BCUT2D eigenvalue weighted by Crippen LogP contribution is -2.32. The fourth-order valence-electron chi connectivity index (χ4n) is 6.18. The Morgan fingerprint density at radius 3 is 1.94 bits per heavy atom. The molecule has 5 heteroatoms. The first-order valence-corrected chi connectivity index (χ1v) is 12.9. The summed E-state index contributed by atoms with van der Waals surface area (Å²) < 4.78 is 0. The number of fused-ring (bicyclic) bond motifs is 5. The fraction of sp³-hybridized carbons (Fsp3) is 0.667. The van der Waals surface area contributed by atoms with Gasteiger partial charge in [0, 0.05) is 12.1 Å². The summed E-state index contributed by atoms with van der Waals surface area (Å²) in [7, 11) is 0. The third-order valence-electron chi connectivity index (χ3n) is 7.84. The summed E-state index contributed by atoms with van der Waals surface area (Å²) in [5, 5.41) is 2.94. The summed E-state index contributed by atoms with van der Waals surface area (Å²) in [5.74, 6) is 0.579. The molecular weight excluding hydrogens is 400 g/mol. The Morgan fingerprint density at radius 2 is 1.38 bits per heavy atom. The summed E-state index contributed by atoms with van der Waals surface area (Å²) in [6, 6.07) is 7.17. The summed E-state index contributed by atoms with van der Waals surface area (Å²) in [4.78, 5) is 39.5. The van der Waals surface area contributed by atoms with Crippen molar-refractivity contribution < 1.29 is 14.4 Å². The average Bonchev–Trinajstić information content (AvgIpc) is 3.47. The molecule has 1 heterocycles. The van der Waals surface area contributed by atoms with E-state index in [0.29, 0.717) is 29.6 Å². The van der Waals surface area contributed by atoms with E-state index in [0.717, 1.165) is 32.1 Å². The van der Waals surface area contributed by atoms with E-state index in [1.165, 1.54) is 49.8 Å². The number of nitrogens with zero attached hydrogens (tertiary/aromatic N) is 1. The number of nitrogens with one attached hydrogen (secondary N) is 1. The lowest BCUT2D eigenvalue weighted by molar-refractivity contribution is -0.123. The second-order valence-corrected chi connectivity index (χ2v) is 10.1. The molecule has 1 saturated heterocycles. The van der Waals surface area contributed by atoms with Crippen LogP contribution >= 0.6 is 0 Å². The Morgan fingerprint density at radius 1 is 0.844 bits per heavy atom. The summed E-state index contributed by atoms with van der Waals surface area (Å²) >= 11 is 0. The molecule has 3 amide bonds. The Bertz CT molecular complexity index is 791. The standard InChI is InChI=1S/C27H38N2O3/c1-2-3-4-5-6-7-8-9-10-11-23(30)28-21-14-16-22(17-15-21)29-26(31)24-19-12-13-20(18-19)25(24)27(29)32/h14-17,19-20,24-25H,2-13,18H2,1H3,(H,28,30)/t19-,20-,24-,25-/m0/s1. The summed E-state index contributed by atoms with van der Waals surface area (Å²) in [5.41, 5.74) is 1.35. The Balaban J connectivity index is 1.19. The van der Waals surface area contributed by atoms with Gasteiger partial charge in [-0.25, -0.2) is 0 Å². The number of hydrogen-bond acceptors (Lipinski definition) is 3. The number of amides is 3. The maximum Gasteiger partial charge on any atom is 0.237 e. The number of unbranched alkanes of at least 4 members (excludes halogenated alkanes) is 8. The van der Waals surface area contributed by atoms with E-state index in [4.69, 9.17) is 0 Å². The van der Waals surface area contributed by atoms with E-state index < -0.39 is 0 Å². The predicted octanol–water partition coefficient (Wildman–Crippen LogP) is 6.08. The van der Waals surface area contributed by atoms with Gasteiger partial charge in [-0.05, 0) is 61.8 Å². The van der Waals surface area contributed by atoms with Crippen molar-refractivity contribution in [2.24, 2.45) is 23.7 Å². The number of imide groups is 1. The van der Waals surface area contributed by atoms with Crippen molar-refractivity contribution >= 4 is 29.1 Å². The highest BCUT2D eigenvalue weighted by Gasteiger charge is 2.61. The normalized spacial score (nSPS) is 26.1. The van der Waals surface area contributed by atoms with Gasteiger partial charge in [-0.3, -0.25) is 19.3 Å². The van der Waals surface area contributed by atoms with Gasteiger partial charge in [0.25, 0.3) is 0 Å². The van der Waals surface area contributed by atoms with Crippen LogP contribution in [0.3, 0.4) is 0 Å². The zero-order valence-corrected chi connectivity index (χ0v) is 19.5. The molecule has 0 radical (unpaired) electrons. The van der Waals surface area contributed by atoms with Gasteiger partial charge in [0.05, 0.1) is 17.5 Å². The fourth-order valence-corrected chi connectivity index (χ4v) is 6.18. The van der Waals surface area contributed by atoms with E-state index in [2.05, 4.69) is 12.2 Å². The zero-order valence-electron chi connectivity index (χ0n) is 19.5. The van der Waals surface area contributed by atoms with Crippen LogP contribution in [0, 0.1) is 23.7 Å². The molecule has 1 aliphatic heterocycles. The molecule has 0 unspecified atom stereocenters. The monoisotopic (exact) mass is 438 g/mol. The highest BCUT2D eigenvalue weighted by Crippen LogP contribution is 2.56. The quantitative estimate of drug-likeness (QED) is 0.318. The molecule has 32 heavy (non-hydrogen) atoms. The van der Waals surface area contributed by atoms with Gasteiger partial charge in [-0.15, -0.1) is 0 Å². The summed E-state index contributed by atoms with van der Waals surface area (Å²) in [6.45, 7) is 2.24. The lowest BCUT2D eigenvalue weighted by atomic mass is 9.81. The van der Waals surface area contributed by atoms with E-state index in [1.54, 1.807) is 24.3 Å². The Hall–Kier alpha value is -2.17. The van der Waals surface area contributed by atoms with Crippen LogP contribution in [0.4, 0.5) is 11.4 Å². The first-order valence-electron chi connectivity index (χ1n) is 12.9. The highest BCUT2D eigenvalue weighted by atomic mass is 16.2. The van der Waals surface area contributed by atoms with Crippen LogP contribution in [-0.2, 0) is 14.4 Å². The van der Waals surface area contributed by atoms with Crippen molar-refractivity contribution in [3.8, 4) is 0 Å². The van der Waals surface area contributed by atoms with Gasteiger partial charge >= 0.3 is 0 Å². The number of rotatable bonds is 12. The molecule has 3 aliphatic rings. The van der Waals surface area contributed by atoms with Crippen molar-refractivity contribution in [3.05, 3.63) is 24.3 Å². The molecule has 4 atom stereocenters. The first kappa shape index (κ1) is 23.0. The van der Waals surface area contributed by atoms with Crippen molar-refractivity contribution in [3.63, 3.8) is 0 Å². The minimum Gasteiger partial charge on any atom is -0.326 e. The molecule has 5 nitrogen and oxygen atoms in total. The average molecular weight is 439 g/mol. The topological polar surface area (TPSA) is 66.5 Å². The number of anilines is 2. The minimum absolute atomic E-state index is 0.0191. The minimum atomic E-state index is -0.100. The SMILES string of the molecule is CCCCCCCCCCCC(=O)Nc1ccc(N2C(=O)[C@H]3[C@H]4CC[C@@H](C4)[C@@H]3C2=O)cc1. The van der Waals surface area contributed by atoms with E-state index in [9.17, 15) is 14.4 Å². The molecule has 2 aliphatic carbocycles. The van der Waals surface area contributed by atoms with Gasteiger partial charge < -0.3 is 5.32 Å². The van der Waals surface area contributed by atoms with Gasteiger partial charge in [0.1, 0.15) is 0 Å². The van der Waals surface area contributed by atoms with E-state index in [1.807, 2.05) is 0 Å². The Labute approximate surface area is 192 Å². The molecule has 0 aromatic heterocycles. The van der Waals surface area contributed by atoms with Crippen LogP contribution < -0.4 is 10.2 Å². The van der Waals surface area contributed by atoms with Crippen LogP contribution in [0.1, 0.15) is 90.4 Å². The second kappa shape index (κ2) is 10.6. The largest absolute Gasteiger partial charge is 0.326 e. The highest BCUT2D eigenvalue weighted by molar-refractivity contribution is 6.22.